The number of aromatic nitrogens is 2. The molecule has 0 fully saturated rings. The molecule has 16 heavy (non-hydrogen) atoms. The molecule has 88 valence electrons. The lowest BCUT2D eigenvalue weighted by Crippen LogP contribution is -2.23. The fourth-order valence-electron chi connectivity index (χ4n) is 1.31. The first-order valence-corrected chi connectivity index (χ1v) is 5.08. The zero-order valence-corrected chi connectivity index (χ0v) is 9.52. The number of carbonyl (C=O) groups is 2. The van der Waals surface area contributed by atoms with Crippen molar-refractivity contribution in [2.75, 3.05) is 6.54 Å². The topological polar surface area (TPSA) is 84.2 Å². The zero-order chi connectivity index (χ0) is 12.3. The Kier molecular flexibility index (Phi) is 3.65. The van der Waals surface area contributed by atoms with Crippen LogP contribution in [0.15, 0.2) is 6.07 Å². The molecule has 0 spiro atoms. The fourth-order valence-corrected chi connectivity index (χ4v) is 1.31. The number of hydrogen-bond acceptors (Lipinski definition) is 3. The van der Waals surface area contributed by atoms with Gasteiger partial charge in [0.05, 0.1) is 0 Å². The minimum Gasteiger partial charge on any atom is -0.477 e. The van der Waals surface area contributed by atoms with E-state index < -0.39 is 5.97 Å². The molecule has 6 nitrogen and oxygen atoms in total. The smallest absolute Gasteiger partial charge is 0.354 e. The molecule has 0 saturated carbocycles. The standard InChI is InChI=1S/C10H15N3O3/c1-4-11-9(14)7-5-8(10(15)16)13(12-7)6(2)3/h5-6H,4H2,1-3H3,(H,11,14)(H,15,16). The molecule has 0 aliphatic rings. The van der Waals surface area contributed by atoms with E-state index in [2.05, 4.69) is 10.4 Å². The average molecular weight is 225 g/mol. The van der Waals surface area contributed by atoms with Crippen LogP contribution in [0.1, 0.15) is 47.8 Å². The Morgan fingerprint density at radius 2 is 2.19 bits per heavy atom. The second-order valence-corrected chi connectivity index (χ2v) is 3.62. The van der Waals surface area contributed by atoms with Gasteiger partial charge in [0.2, 0.25) is 0 Å². The summed E-state index contributed by atoms with van der Waals surface area (Å²) in [6.07, 6.45) is 0. The Labute approximate surface area is 93.3 Å². The van der Waals surface area contributed by atoms with Crippen LogP contribution in [0, 0.1) is 0 Å². The lowest BCUT2D eigenvalue weighted by atomic mass is 10.3. The Morgan fingerprint density at radius 3 is 2.56 bits per heavy atom. The van der Waals surface area contributed by atoms with Crippen LogP contribution in [-0.2, 0) is 0 Å². The van der Waals surface area contributed by atoms with E-state index in [0.29, 0.717) is 6.54 Å². The maximum Gasteiger partial charge on any atom is 0.354 e. The third kappa shape index (κ3) is 2.39. The third-order valence-corrected chi connectivity index (χ3v) is 2.01. The zero-order valence-electron chi connectivity index (χ0n) is 9.52. The molecule has 1 aromatic rings. The molecule has 0 saturated heterocycles. The van der Waals surface area contributed by atoms with E-state index in [9.17, 15) is 9.59 Å². The number of carboxylic acids is 1. The highest BCUT2D eigenvalue weighted by Gasteiger charge is 2.19. The van der Waals surface area contributed by atoms with Gasteiger partial charge in [0.1, 0.15) is 5.69 Å². The molecule has 1 rings (SSSR count). The molecule has 1 heterocycles. The van der Waals surface area contributed by atoms with Crippen LogP contribution < -0.4 is 5.32 Å². The SMILES string of the molecule is CCNC(=O)c1cc(C(=O)O)n(C(C)C)n1. The number of carboxylic acid groups (broad SMARTS) is 1. The van der Waals surface area contributed by atoms with E-state index in [1.165, 1.54) is 10.7 Å². The van der Waals surface area contributed by atoms with Gasteiger partial charge in [-0.15, -0.1) is 0 Å². The molecule has 0 radical (unpaired) electrons. The molecule has 1 aromatic heterocycles. The molecule has 0 atom stereocenters. The van der Waals surface area contributed by atoms with Crippen molar-refractivity contribution in [2.45, 2.75) is 26.8 Å². The second kappa shape index (κ2) is 4.78. The van der Waals surface area contributed by atoms with E-state index in [-0.39, 0.29) is 23.3 Å². The van der Waals surface area contributed by atoms with Gasteiger partial charge in [0, 0.05) is 18.7 Å². The van der Waals surface area contributed by atoms with Gasteiger partial charge in [-0.1, -0.05) is 0 Å². The highest BCUT2D eigenvalue weighted by molar-refractivity contribution is 5.95. The van der Waals surface area contributed by atoms with Crippen LogP contribution in [0.5, 0.6) is 0 Å². The first kappa shape index (κ1) is 12.2. The number of aromatic carboxylic acids is 1. The number of hydrogen-bond donors (Lipinski definition) is 2. The van der Waals surface area contributed by atoms with Gasteiger partial charge < -0.3 is 10.4 Å². The molecule has 0 aliphatic heterocycles. The van der Waals surface area contributed by atoms with Crippen LogP contribution in [0.2, 0.25) is 0 Å². The summed E-state index contributed by atoms with van der Waals surface area (Å²) in [7, 11) is 0. The summed E-state index contributed by atoms with van der Waals surface area (Å²) < 4.78 is 1.33. The number of nitrogens with zero attached hydrogens (tertiary/aromatic N) is 2. The third-order valence-electron chi connectivity index (χ3n) is 2.01. The minimum atomic E-state index is -1.09. The van der Waals surface area contributed by atoms with Gasteiger partial charge in [-0.05, 0) is 20.8 Å². The number of amides is 1. The largest absolute Gasteiger partial charge is 0.477 e. The highest BCUT2D eigenvalue weighted by Crippen LogP contribution is 2.11. The second-order valence-electron chi connectivity index (χ2n) is 3.62. The van der Waals surface area contributed by atoms with Crippen molar-refractivity contribution in [3.63, 3.8) is 0 Å². The Hall–Kier alpha value is -1.85. The number of nitrogens with one attached hydrogen (secondary N) is 1. The maximum absolute atomic E-state index is 11.5. The van der Waals surface area contributed by atoms with E-state index in [4.69, 9.17) is 5.11 Å². The van der Waals surface area contributed by atoms with Crippen LogP contribution in [0.3, 0.4) is 0 Å². The highest BCUT2D eigenvalue weighted by atomic mass is 16.4. The van der Waals surface area contributed by atoms with E-state index in [1.54, 1.807) is 20.8 Å². The summed E-state index contributed by atoms with van der Waals surface area (Å²) in [5, 5.41) is 15.5. The summed E-state index contributed by atoms with van der Waals surface area (Å²) in [6.45, 7) is 5.88. The number of rotatable bonds is 4. The maximum atomic E-state index is 11.5. The van der Waals surface area contributed by atoms with Gasteiger partial charge in [-0.25, -0.2) is 4.79 Å². The number of carbonyl (C=O) groups excluding carboxylic acids is 1. The van der Waals surface area contributed by atoms with E-state index >= 15 is 0 Å². The quantitative estimate of drug-likeness (QED) is 0.797. The van der Waals surface area contributed by atoms with Gasteiger partial charge in [0.25, 0.3) is 5.91 Å². The molecular weight excluding hydrogens is 210 g/mol. The van der Waals surface area contributed by atoms with Crippen LogP contribution in [0.25, 0.3) is 0 Å². The summed E-state index contributed by atoms with van der Waals surface area (Å²) in [4.78, 5) is 22.4. The minimum absolute atomic E-state index is 0.0243. The summed E-state index contributed by atoms with van der Waals surface area (Å²) in [5.74, 6) is -1.44. The van der Waals surface area contributed by atoms with Gasteiger partial charge in [-0.2, -0.15) is 5.10 Å². The average Bonchev–Trinajstić information content (AvgIpc) is 2.62. The molecule has 1 amide bonds. The van der Waals surface area contributed by atoms with Crippen LogP contribution in [0.4, 0.5) is 0 Å². The summed E-state index contributed by atoms with van der Waals surface area (Å²) >= 11 is 0. The molecule has 0 unspecified atom stereocenters. The van der Waals surface area contributed by atoms with Gasteiger partial charge >= 0.3 is 5.97 Å². The molecule has 0 aromatic carbocycles. The predicted molar refractivity (Wildman–Crippen MR) is 57.6 cm³/mol. The first-order valence-electron chi connectivity index (χ1n) is 5.08. The monoisotopic (exact) mass is 225 g/mol. The lowest BCUT2D eigenvalue weighted by molar-refractivity contribution is 0.0681. The molecule has 0 bridgehead atoms. The van der Waals surface area contributed by atoms with Crippen molar-refractivity contribution in [2.24, 2.45) is 0 Å². The lowest BCUT2D eigenvalue weighted by Gasteiger charge is -2.07. The van der Waals surface area contributed by atoms with Crippen LogP contribution >= 0.6 is 0 Å². The molecule has 2 N–H and O–H groups in total. The fraction of sp³-hybridized carbons (Fsp3) is 0.500. The molecule has 6 heteroatoms. The van der Waals surface area contributed by atoms with Crippen LogP contribution in [-0.4, -0.2) is 33.3 Å². The summed E-state index contributed by atoms with van der Waals surface area (Å²) in [5.41, 5.74) is 0.157. The van der Waals surface area contributed by atoms with E-state index in [0.717, 1.165) is 0 Å². The van der Waals surface area contributed by atoms with Crippen molar-refractivity contribution in [1.82, 2.24) is 15.1 Å². The summed E-state index contributed by atoms with van der Waals surface area (Å²) in [6, 6.07) is 1.18. The van der Waals surface area contributed by atoms with Crippen molar-refractivity contribution in [1.29, 1.82) is 0 Å². The first-order chi connectivity index (χ1) is 7.47. The van der Waals surface area contributed by atoms with Crippen molar-refractivity contribution >= 4 is 11.9 Å². The van der Waals surface area contributed by atoms with Crippen molar-refractivity contribution < 1.29 is 14.7 Å². The predicted octanol–water partition coefficient (Wildman–Crippen LogP) is 0.912. The molecule has 0 aliphatic carbocycles. The van der Waals surface area contributed by atoms with Crippen molar-refractivity contribution in [3.05, 3.63) is 17.5 Å². The Bertz CT molecular complexity index is 409. The molecular formula is C10H15N3O3. The Balaban J connectivity index is 3.11. The van der Waals surface area contributed by atoms with Crippen molar-refractivity contribution in [3.8, 4) is 0 Å². The van der Waals surface area contributed by atoms with E-state index in [1.807, 2.05) is 0 Å². The normalized spacial score (nSPS) is 10.5. The Morgan fingerprint density at radius 1 is 1.56 bits per heavy atom. The van der Waals surface area contributed by atoms with Gasteiger partial charge in [0.15, 0.2) is 5.69 Å². The van der Waals surface area contributed by atoms with Gasteiger partial charge in [-0.3, -0.25) is 9.48 Å².